The van der Waals surface area contributed by atoms with E-state index in [1.54, 1.807) is 0 Å². The highest BCUT2D eigenvalue weighted by Crippen LogP contribution is 2.60. The maximum absolute atomic E-state index is 13.4. The number of benzene rings is 1. The van der Waals surface area contributed by atoms with Crippen molar-refractivity contribution in [3.63, 3.8) is 0 Å². The molecule has 1 aromatic carbocycles. The van der Waals surface area contributed by atoms with Crippen molar-refractivity contribution in [2.45, 2.75) is 36.5 Å². The Kier molecular flexibility index (Phi) is 5.03. The molecule has 164 valence electrons. The summed E-state index contributed by atoms with van der Waals surface area (Å²) in [6, 6.07) is 3.83. The SMILES string of the molecule is O=C(COc1ccc(Cl)c(F)c1)NC12CC(NC(=O)c3cnc(C(F)(F)F)nc3)(C1)C2. The number of carbonyl (C=O) groups is 2. The van der Waals surface area contributed by atoms with E-state index in [4.69, 9.17) is 16.3 Å². The first-order valence-electron chi connectivity index (χ1n) is 9.10. The van der Waals surface area contributed by atoms with E-state index in [0.29, 0.717) is 19.3 Å². The van der Waals surface area contributed by atoms with Crippen LogP contribution < -0.4 is 15.4 Å². The highest BCUT2D eigenvalue weighted by atomic mass is 35.5. The molecule has 0 saturated heterocycles. The van der Waals surface area contributed by atoms with Crippen LogP contribution in [0.15, 0.2) is 30.6 Å². The van der Waals surface area contributed by atoms with E-state index < -0.39 is 40.7 Å². The molecule has 31 heavy (non-hydrogen) atoms. The van der Waals surface area contributed by atoms with Gasteiger partial charge in [-0.1, -0.05) is 11.6 Å². The van der Waals surface area contributed by atoms with Crippen LogP contribution in [0.3, 0.4) is 0 Å². The minimum atomic E-state index is -4.68. The van der Waals surface area contributed by atoms with E-state index in [1.807, 2.05) is 0 Å². The fraction of sp³-hybridized carbons (Fsp3) is 0.368. The molecule has 1 aromatic heterocycles. The molecule has 3 saturated carbocycles. The highest BCUT2D eigenvalue weighted by molar-refractivity contribution is 6.30. The third-order valence-electron chi connectivity index (χ3n) is 5.24. The van der Waals surface area contributed by atoms with E-state index in [0.717, 1.165) is 18.5 Å². The van der Waals surface area contributed by atoms with Crippen LogP contribution in [0, 0.1) is 5.82 Å². The van der Waals surface area contributed by atoms with Gasteiger partial charge in [0, 0.05) is 29.5 Å². The smallest absolute Gasteiger partial charge is 0.451 e. The lowest BCUT2D eigenvalue weighted by Crippen LogP contribution is -2.84. The number of amides is 2. The second-order valence-electron chi connectivity index (χ2n) is 7.75. The molecular formula is C19H15ClF4N4O3. The number of hydrogen-bond donors (Lipinski definition) is 2. The first-order chi connectivity index (χ1) is 14.5. The molecule has 2 amide bonds. The molecular weight excluding hydrogens is 444 g/mol. The Labute approximate surface area is 178 Å². The van der Waals surface area contributed by atoms with E-state index in [-0.39, 0.29) is 22.9 Å². The second kappa shape index (κ2) is 7.33. The summed E-state index contributed by atoms with van der Waals surface area (Å²) in [6.45, 7) is -0.314. The molecule has 12 heteroatoms. The summed E-state index contributed by atoms with van der Waals surface area (Å²) in [6.07, 6.45) is -1.59. The summed E-state index contributed by atoms with van der Waals surface area (Å²) in [7, 11) is 0. The van der Waals surface area contributed by atoms with Crippen molar-refractivity contribution in [2.75, 3.05) is 6.61 Å². The molecule has 0 aliphatic heterocycles. The van der Waals surface area contributed by atoms with Crippen molar-refractivity contribution in [1.29, 1.82) is 0 Å². The predicted octanol–water partition coefficient (Wildman–Crippen LogP) is 2.89. The number of alkyl halides is 3. The standard InChI is InChI=1S/C19H15ClF4N4O3/c20-12-2-1-11(3-13(12)21)31-6-14(29)27-17-7-18(8-17,9-17)28-15(30)10-4-25-16(26-5-10)19(22,23)24/h1-5H,6-9H2,(H,27,29)(H,28,30). The molecule has 2 aromatic rings. The summed E-state index contributed by atoms with van der Waals surface area (Å²) < 4.78 is 56.1. The Hall–Kier alpha value is -2.95. The molecule has 0 atom stereocenters. The number of hydrogen-bond acceptors (Lipinski definition) is 5. The third-order valence-corrected chi connectivity index (χ3v) is 5.55. The lowest BCUT2D eigenvalue weighted by atomic mass is 9.44. The van der Waals surface area contributed by atoms with Gasteiger partial charge in [-0.25, -0.2) is 14.4 Å². The van der Waals surface area contributed by atoms with Crippen LogP contribution >= 0.6 is 11.6 Å². The number of halogens is 5. The molecule has 3 aliphatic rings. The van der Waals surface area contributed by atoms with Crippen LogP contribution in [0.25, 0.3) is 0 Å². The van der Waals surface area contributed by atoms with Gasteiger partial charge in [0.2, 0.25) is 5.82 Å². The molecule has 0 spiro atoms. The Morgan fingerprint density at radius 2 is 1.71 bits per heavy atom. The number of rotatable bonds is 6. The van der Waals surface area contributed by atoms with Gasteiger partial charge in [-0.2, -0.15) is 13.2 Å². The molecule has 2 N–H and O–H groups in total. The van der Waals surface area contributed by atoms with Crippen LogP contribution in [0.4, 0.5) is 17.6 Å². The minimum absolute atomic E-state index is 0.0547. The van der Waals surface area contributed by atoms with E-state index in [9.17, 15) is 27.2 Å². The van der Waals surface area contributed by atoms with Crippen molar-refractivity contribution in [1.82, 2.24) is 20.6 Å². The quantitative estimate of drug-likeness (QED) is 0.649. The molecule has 7 nitrogen and oxygen atoms in total. The second-order valence-corrected chi connectivity index (χ2v) is 8.16. The third kappa shape index (κ3) is 4.27. The number of carbonyl (C=O) groups excluding carboxylic acids is 2. The highest BCUT2D eigenvalue weighted by Gasteiger charge is 2.69. The summed E-state index contributed by atoms with van der Waals surface area (Å²) in [4.78, 5) is 30.7. The first-order valence-corrected chi connectivity index (χ1v) is 9.48. The Morgan fingerprint density at radius 3 is 2.29 bits per heavy atom. The van der Waals surface area contributed by atoms with Gasteiger partial charge in [-0.3, -0.25) is 9.59 Å². The van der Waals surface area contributed by atoms with E-state index in [1.165, 1.54) is 12.1 Å². The van der Waals surface area contributed by atoms with Crippen LogP contribution in [0.2, 0.25) is 5.02 Å². The van der Waals surface area contributed by atoms with E-state index >= 15 is 0 Å². The van der Waals surface area contributed by atoms with Gasteiger partial charge in [-0.15, -0.1) is 0 Å². The van der Waals surface area contributed by atoms with Crippen LogP contribution in [0.1, 0.15) is 35.4 Å². The molecule has 2 bridgehead atoms. The zero-order chi connectivity index (χ0) is 22.4. The van der Waals surface area contributed by atoms with Gasteiger partial charge in [0.15, 0.2) is 6.61 Å². The molecule has 3 aliphatic carbocycles. The average molecular weight is 459 g/mol. The molecule has 1 heterocycles. The number of nitrogens with zero attached hydrogens (tertiary/aromatic N) is 2. The van der Waals surface area contributed by atoms with Gasteiger partial charge >= 0.3 is 6.18 Å². The monoisotopic (exact) mass is 458 g/mol. The first kappa shape index (κ1) is 21.3. The zero-order valence-corrected chi connectivity index (χ0v) is 16.5. The van der Waals surface area contributed by atoms with Crippen LogP contribution in [-0.2, 0) is 11.0 Å². The lowest BCUT2D eigenvalue weighted by Gasteiger charge is -2.70. The largest absolute Gasteiger partial charge is 0.484 e. The van der Waals surface area contributed by atoms with Gasteiger partial charge in [0.25, 0.3) is 11.8 Å². The number of aromatic nitrogens is 2. The topological polar surface area (TPSA) is 93.2 Å². The van der Waals surface area contributed by atoms with Crippen molar-refractivity contribution in [3.05, 3.63) is 52.8 Å². The molecule has 0 radical (unpaired) electrons. The summed E-state index contributed by atoms with van der Waals surface area (Å²) in [5.41, 5.74) is -1.07. The number of ether oxygens (including phenoxy) is 1. The van der Waals surface area contributed by atoms with Gasteiger partial charge < -0.3 is 15.4 Å². The minimum Gasteiger partial charge on any atom is -0.484 e. The van der Waals surface area contributed by atoms with Crippen LogP contribution in [0.5, 0.6) is 5.75 Å². The maximum Gasteiger partial charge on any atom is 0.451 e. The number of nitrogens with one attached hydrogen (secondary N) is 2. The van der Waals surface area contributed by atoms with Gasteiger partial charge in [-0.05, 0) is 31.4 Å². The molecule has 3 fully saturated rings. The Balaban J connectivity index is 1.24. The summed E-state index contributed by atoms with van der Waals surface area (Å²) in [5.74, 6) is -2.79. The van der Waals surface area contributed by atoms with Crippen molar-refractivity contribution in [2.24, 2.45) is 0 Å². The van der Waals surface area contributed by atoms with Crippen molar-refractivity contribution < 1.29 is 31.9 Å². The van der Waals surface area contributed by atoms with Crippen molar-refractivity contribution >= 4 is 23.4 Å². The van der Waals surface area contributed by atoms with Gasteiger partial charge in [0.1, 0.15) is 11.6 Å². The Morgan fingerprint density at radius 1 is 1.10 bits per heavy atom. The fourth-order valence-corrected chi connectivity index (χ4v) is 4.12. The fourth-order valence-electron chi connectivity index (χ4n) is 4.01. The predicted molar refractivity (Wildman–Crippen MR) is 98.9 cm³/mol. The molecule has 0 unspecified atom stereocenters. The summed E-state index contributed by atoms with van der Waals surface area (Å²) >= 11 is 5.58. The van der Waals surface area contributed by atoms with Crippen molar-refractivity contribution in [3.8, 4) is 5.75 Å². The Bertz CT molecular complexity index is 1030. The lowest BCUT2D eigenvalue weighted by molar-refractivity contribution is -0.145. The summed E-state index contributed by atoms with van der Waals surface area (Å²) in [5, 5.41) is 5.54. The zero-order valence-electron chi connectivity index (χ0n) is 15.7. The normalized spacial score (nSPS) is 23.9. The average Bonchev–Trinajstić information content (AvgIpc) is 2.65. The van der Waals surface area contributed by atoms with E-state index in [2.05, 4.69) is 20.6 Å². The maximum atomic E-state index is 13.4. The van der Waals surface area contributed by atoms with Crippen LogP contribution in [-0.4, -0.2) is 39.5 Å². The van der Waals surface area contributed by atoms with Gasteiger partial charge in [0.05, 0.1) is 10.6 Å². The molecule has 5 rings (SSSR count).